The van der Waals surface area contributed by atoms with Crippen LogP contribution in [0.1, 0.15) is 93.7 Å². The lowest BCUT2D eigenvalue weighted by Gasteiger charge is -2.25. The molecule has 468 valence electrons. The van der Waals surface area contributed by atoms with Crippen molar-refractivity contribution < 1.29 is 14.2 Å². The van der Waals surface area contributed by atoms with Gasteiger partial charge in [-0.1, -0.05) is 91.0 Å². The fraction of sp³-hybridized carbons (Fsp3) is 0.652. The molecular formula is C69H108N6O3S6. The second-order valence-corrected chi connectivity index (χ2v) is 30.3. The van der Waals surface area contributed by atoms with E-state index < -0.39 is 0 Å². The van der Waals surface area contributed by atoms with Crippen LogP contribution in [0.5, 0.6) is 17.2 Å². The first kappa shape index (κ1) is 69.6. The van der Waals surface area contributed by atoms with Gasteiger partial charge in [0.25, 0.3) is 0 Å². The second-order valence-electron chi connectivity index (χ2n) is 22.9. The SMILES string of the molecule is c1ccc(CN2CCCSCCCN(CCOc3cc(OCCN4CCCSCCCN(Cc5ccccc5)CCCSCCC4)cc(OCCN4CCCSCCCN(Cc5ccccc5)CCCSCCC4)c3)CCCSCCC2)cc1. The Morgan fingerprint density at radius 1 is 0.250 bits per heavy atom. The summed E-state index contributed by atoms with van der Waals surface area (Å²) in [6.07, 6.45) is 14.9. The minimum absolute atomic E-state index is 0.659. The molecule has 0 saturated carbocycles. The molecule has 0 bridgehead atoms. The van der Waals surface area contributed by atoms with Crippen LogP contribution in [0.15, 0.2) is 109 Å². The zero-order valence-corrected chi connectivity index (χ0v) is 56.5. The molecule has 15 heteroatoms. The van der Waals surface area contributed by atoms with Crippen molar-refractivity contribution in [2.45, 2.75) is 96.7 Å². The number of thioether (sulfide) groups is 6. The van der Waals surface area contributed by atoms with Gasteiger partial charge in [-0.15, -0.1) is 0 Å². The Kier molecular flexibility index (Phi) is 38.3. The van der Waals surface area contributed by atoms with Gasteiger partial charge < -0.3 is 14.2 Å². The molecule has 4 aromatic carbocycles. The van der Waals surface area contributed by atoms with E-state index in [4.69, 9.17) is 14.2 Å². The molecule has 9 nitrogen and oxygen atoms in total. The molecule has 84 heavy (non-hydrogen) atoms. The van der Waals surface area contributed by atoms with Crippen molar-refractivity contribution in [1.29, 1.82) is 0 Å². The fourth-order valence-electron chi connectivity index (χ4n) is 11.3. The Labute approximate surface area is 537 Å². The lowest BCUT2D eigenvalue weighted by Crippen LogP contribution is -2.31. The maximum Gasteiger partial charge on any atom is 0.126 e. The summed E-state index contributed by atoms with van der Waals surface area (Å²) in [5.74, 6) is 17.3. The van der Waals surface area contributed by atoms with Crippen LogP contribution in [-0.2, 0) is 19.6 Å². The van der Waals surface area contributed by atoms with Crippen molar-refractivity contribution in [2.75, 3.05) is 187 Å². The predicted molar refractivity (Wildman–Crippen MR) is 377 cm³/mol. The van der Waals surface area contributed by atoms with Crippen molar-refractivity contribution in [1.82, 2.24) is 29.4 Å². The van der Waals surface area contributed by atoms with Crippen LogP contribution in [-0.4, -0.2) is 216 Å². The first-order valence-corrected chi connectivity index (χ1v) is 39.6. The van der Waals surface area contributed by atoms with Gasteiger partial charge in [0.2, 0.25) is 0 Å². The van der Waals surface area contributed by atoms with Gasteiger partial charge in [0.15, 0.2) is 0 Å². The smallest absolute Gasteiger partial charge is 0.126 e. The van der Waals surface area contributed by atoms with E-state index in [0.717, 1.165) is 95.8 Å². The lowest BCUT2D eigenvalue weighted by molar-refractivity contribution is 0.198. The molecule has 0 aliphatic carbocycles. The molecule has 0 unspecified atom stereocenters. The number of ether oxygens (including phenoxy) is 3. The molecule has 3 saturated heterocycles. The topological polar surface area (TPSA) is 47.1 Å². The van der Waals surface area contributed by atoms with Crippen LogP contribution < -0.4 is 14.2 Å². The zero-order valence-electron chi connectivity index (χ0n) is 51.6. The summed E-state index contributed by atoms with van der Waals surface area (Å²) < 4.78 is 20.1. The minimum Gasteiger partial charge on any atom is -0.492 e. The van der Waals surface area contributed by atoms with Gasteiger partial charge >= 0.3 is 0 Å². The van der Waals surface area contributed by atoms with Crippen molar-refractivity contribution in [3.63, 3.8) is 0 Å². The molecule has 0 N–H and O–H groups in total. The van der Waals surface area contributed by atoms with E-state index in [1.54, 1.807) is 0 Å². The molecule has 7 rings (SSSR count). The molecule has 4 aromatic rings. The standard InChI is InChI=1S/C69H108N6O3S6/c1-4-22-64(23-5-1)61-73-34-16-52-79-46-10-28-70(29-11-47-80-53-17-35-73)40-43-76-67-58-68(77-44-41-71-30-12-48-81-54-18-36-74(37-19-55-82-49-13-31-71)62-65-24-6-2-7-25-65)60-69(59-67)78-45-42-72-32-14-50-83-56-20-38-75(39-21-57-84-51-15-33-72)63-66-26-8-3-9-27-66/h1-9,22-27,58-60H,10-21,28-57,61-63H2. The molecular weight excluding hydrogens is 1150 g/mol. The fourth-order valence-corrected chi connectivity index (χ4v) is 16.5. The van der Waals surface area contributed by atoms with E-state index >= 15 is 0 Å². The van der Waals surface area contributed by atoms with E-state index in [-0.39, 0.29) is 0 Å². The Hall–Kier alpha value is -1.86. The van der Waals surface area contributed by atoms with Crippen LogP contribution in [0.3, 0.4) is 0 Å². The molecule has 0 aromatic heterocycles. The minimum atomic E-state index is 0.659. The second kappa shape index (κ2) is 46.3. The number of hydrogen-bond acceptors (Lipinski definition) is 15. The third-order valence-corrected chi connectivity index (χ3v) is 22.7. The quantitative estimate of drug-likeness (QED) is 0.0949. The lowest BCUT2D eigenvalue weighted by atomic mass is 10.2. The monoisotopic (exact) mass is 1260 g/mol. The Morgan fingerprint density at radius 2 is 0.440 bits per heavy atom. The van der Waals surface area contributed by atoms with Crippen LogP contribution >= 0.6 is 70.6 Å². The average Bonchev–Trinajstić information content (AvgIpc) is 3.63. The van der Waals surface area contributed by atoms with Crippen LogP contribution in [0.25, 0.3) is 0 Å². The highest BCUT2D eigenvalue weighted by atomic mass is 32.2. The van der Waals surface area contributed by atoms with Gasteiger partial charge in [-0.2, -0.15) is 70.6 Å². The van der Waals surface area contributed by atoms with Gasteiger partial charge in [0, 0.05) is 57.5 Å². The number of benzene rings is 4. The average molecular weight is 1260 g/mol. The van der Waals surface area contributed by atoms with Crippen molar-refractivity contribution in [2.24, 2.45) is 0 Å². The third-order valence-electron chi connectivity index (χ3n) is 15.8. The van der Waals surface area contributed by atoms with Crippen LogP contribution in [0.4, 0.5) is 0 Å². The first-order chi connectivity index (χ1) is 41.7. The number of nitrogens with zero attached hydrogens (tertiary/aromatic N) is 6. The summed E-state index contributed by atoms with van der Waals surface area (Å²) in [7, 11) is 0. The van der Waals surface area contributed by atoms with Crippen molar-refractivity contribution >= 4 is 70.6 Å². The zero-order chi connectivity index (χ0) is 57.8. The Balaban J connectivity index is 0.898. The van der Waals surface area contributed by atoms with E-state index in [2.05, 4.69) is 209 Å². The molecule has 0 atom stereocenters. The molecule has 0 radical (unpaired) electrons. The molecule has 3 aliphatic heterocycles. The highest BCUT2D eigenvalue weighted by molar-refractivity contribution is 8.00. The summed E-state index contributed by atoms with van der Waals surface area (Å²) in [5.41, 5.74) is 4.31. The van der Waals surface area contributed by atoms with Gasteiger partial charge in [-0.3, -0.25) is 29.4 Å². The van der Waals surface area contributed by atoms with E-state index in [9.17, 15) is 0 Å². The molecule has 0 amide bonds. The van der Waals surface area contributed by atoms with Gasteiger partial charge in [-0.25, -0.2) is 0 Å². The third kappa shape index (κ3) is 32.6. The van der Waals surface area contributed by atoms with Crippen molar-refractivity contribution in [3.8, 4) is 17.2 Å². The molecule has 0 spiro atoms. The number of hydrogen-bond donors (Lipinski definition) is 0. The first-order valence-electron chi connectivity index (χ1n) is 32.7. The summed E-state index contributed by atoms with van der Waals surface area (Å²) >= 11 is 12.8. The van der Waals surface area contributed by atoms with E-state index in [1.165, 1.54) is 202 Å². The van der Waals surface area contributed by atoms with Gasteiger partial charge in [0.1, 0.15) is 37.1 Å². The highest BCUT2D eigenvalue weighted by Crippen LogP contribution is 2.29. The summed E-state index contributed by atoms with van der Waals surface area (Å²) in [4.78, 5) is 16.0. The summed E-state index contributed by atoms with van der Waals surface area (Å²) in [6.45, 7) is 21.9. The Bertz CT molecular complexity index is 1890. The van der Waals surface area contributed by atoms with Crippen LogP contribution in [0.2, 0.25) is 0 Å². The highest BCUT2D eigenvalue weighted by Gasteiger charge is 2.15. The summed E-state index contributed by atoms with van der Waals surface area (Å²) in [5, 5.41) is 0. The Morgan fingerprint density at radius 3 is 0.643 bits per heavy atom. The van der Waals surface area contributed by atoms with Gasteiger partial charge in [-0.05, 0) is 241 Å². The number of rotatable bonds is 18. The normalized spacial score (nSPS) is 20.4. The van der Waals surface area contributed by atoms with Crippen molar-refractivity contribution in [3.05, 3.63) is 126 Å². The maximum atomic E-state index is 6.72. The maximum absolute atomic E-state index is 6.72. The predicted octanol–water partition coefficient (Wildman–Crippen LogP) is 14.4. The largest absolute Gasteiger partial charge is 0.492 e. The molecule has 3 aliphatic rings. The van der Waals surface area contributed by atoms with Crippen LogP contribution in [0, 0.1) is 0 Å². The molecule has 3 fully saturated rings. The molecule has 3 heterocycles. The summed E-state index contributed by atoms with van der Waals surface area (Å²) in [6, 6.07) is 39.5. The van der Waals surface area contributed by atoms with E-state index in [1.807, 2.05) is 0 Å². The van der Waals surface area contributed by atoms with Gasteiger partial charge in [0.05, 0.1) is 0 Å². The van der Waals surface area contributed by atoms with E-state index in [0.29, 0.717) is 19.8 Å².